The molecular weight excluding hydrogens is 240 g/mol. The molecule has 1 N–H and O–H groups in total. The van der Waals surface area contributed by atoms with Crippen molar-refractivity contribution in [3.63, 3.8) is 0 Å². The number of aromatic nitrogens is 2. The van der Waals surface area contributed by atoms with Crippen LogP contribution in [0.1, 0.15) is 18.4 Å². The lowest BCUT2D eigenvalue weighted by molar-refractivity contribution is -0.134. The Bertz CT molecular complexity index is 655. The highest BCUT2D eigenvalue weighted by molar-refractivity contribution is 5.78. The highest BCUT2D eigenvalue weighted by Crippen LogP contribution is 2.20. The fourth-order valence-corrected chi connectivity index (χ4v) is 2.46. The Morgan fingerprint density at radius 3 is 3.21 bits per heavy atom. The van der Waals surface area contributed by atoms with Gasteiger partial charge in [0.25, 0.3) is 0 Å². The van der Waals surface area contributed by atoms with E-state index in [0.717, 1.165) is 23.0 Å². The topological polar surface area (TPSA) is 72.8 Å². The van der Waals surface area contributed by atoms with E-state index in [4.69, 9.17) is 5.26 Å². The van der Waals surface area contributed by atoms with Gasteiger partial charge in [-0.15, -0.1) is 0 Å². The Labute approximate surface area is 110 Å². The van der Waals surface area contributed by atoms with Crippen molar-refractivity contribution in [3.8, 4) is 6.07 Å². The summed E-state index contributed by atoms with van der Waals surface area (Å²) in [6.07, 6.45) is 2.79. The lowest BCUT2D eigenvalue weighted by Gasteiger charge is -2.29. The number of carbonyl (C=O) groups is 1. The van der Waals surface area contributed by atoms with Crippen LogP contribution in [0.3, 0.4) is 0 Å². The molecule has 1 saturated heterocycles. The summed E-state index contributed by atoms with van der Waals surface area (Å²) in [6, 6.07) is 8.14. The number of hydrogen-bond donors (Lipinski definition) is 1. The molecule has 1 aromatic carbocycles. The number of fused-ring (bicyclic) bond motifs is 1. The predicted molar refractivity (Wildman–Crippen MR) is 69.8 cm³/mol. The van der Waals surface area contributed by atoms with Crippen molar-refractivity contribution in [2.45, 2.75) is 19.4 Å². The van der Waals surface area contributed by atoms with E-state index < -0.39 is 0 Å². The number of piperidine rings is 1. The third-order valence-corrected chi connectivity index (χ3v) is 3.56. The normalized spacial score (nSPS) is 19.6. The predicted octanol–water partition coefficient (Wildman–Crippen LogP) is 1.83. The van der Waals surface area contributed by atoms with Gasteiger partial charge in [0.1, 0.15) is 0 Å². The van der Waals surface area contributed by atoms with Crippen LogP contribution in [0.4, 0.5) is 0 Å². The molecule has 0 spiro atoms. The highest BCUT2D eigenvalue weighted by Gasteiger charge is 2.25. The molecule has 0 aliphatic carbocycles. The van der Waals surface area contributed by atoms with Gasteiger partial charge in [-0.25, -0.2) is 4.98 Å². The molecular formula is C14H14N4O. The average molecular weight is 254 g/mol. The Hall–Kier alpha value is -2.35. The summed E-state index contributed by atoms with van der Waals surface area (Å²) >= 11 is 0. The van der Waals surface area contributed by atoms with E-state index in [1.807, 2.05) is 23.1 Å². The van der Waals surface area contributed by atoms with Gasteiger partial charge in [-0.05, 0) is 24.1 Å². The second kappa shape index (κ2) is 4.73. The number of benzene rings is 1. The lowest BCUT2D eigenvalue weighted by Crippen LogP contribution is -2.37. The fourth-order valence-electron chi connectivity index (χ4n) is 2.46. The molecule has 0 radical (unpaired) electrons. The van der Waals surface area contributed by atoms with Crippen molar-refractivity contribution in [1.82, 2.24) is 14.9 Å². The van der Waals surface area contributed by atoms with Crippen molar-refractivity contribution < 1.29 is 4.79 Å². The van der Waals surface area contributed by atoms with E-state index in [1.165, 1.54) is 0 Å². The van der Waals surface area contributed by atoms with Crippen LogP contribution in [0.25, 0.3) is 11.0 Å². The summed E-state index contributed by atoms with van der Waals surface area (Å²) in [6.45, 7) is 1.27. The molecule has 1 aromatic heterocycles. The third kappa shape index (κ3) is 2.29. The van der Waals surface area contributed by atoms with Gasteiger partial charge in [0.2, 0.25) is 5.91 Å². The maximum atomic E-state index is 11.9. The van der Waals surface area contributed by atoms with Gasteiger partial charge >= 0.3 is 0 Å². The number of H-pyrrole nitrogens is 1. The average Bonchev–Trinajstić information content (AvgIpc) is 2.88. The molecule has 96 valence electrons. The summed E-state index contributed by atoms with van der Waals surface area (Å²) < 4.78 is 0. The number of likely N-dealkylation sites (tertiary alicyclic amines) is 1. The maximum absolute atomic E-state index is 11.9. The van der Waals surface area contributed by atoms with Crippen molar-refractivity contribution in [3.05, 3.63) is 30.1 Å². The molecule has 5 heteroatoms. The zero-order chi connectivity index (χ0) is 13.2. The Morgan fingerprint density at radius 1 is 1.53 bits per heavy atom. The SMILES string of the molecule is N#CC1CCN(Cc2ccc3nc[nH]c3c2)C(=O)C1. The first-order valence-electron chi connectivity index (χ1n) is 6.35. The summed E-state index contributed by atoms with van der Waals surface area (Å²) in [4.78, 5) is 21.0. The Morgan fingerprint density at radius 2 is 2.42 bits per heavy atom. The van der Waals surface area contributed by atoms with Crippen molar-refractivity contribution >= 4 is 16.9 Å². The number of imidazole rings is 1. The molecule has 2 heterocycles. The van der Waals surface area contributed by atoms with Crippen LogP contribution < -0.4 is 0 Å². The second-order valence-corrected chi connectivity index (χ2v) is 4.89. The van der Waals surface area contributed by atoms with Crippen molar-refractivity contribution in [1.29, 1.82) is 5.26 Å². The lowest BCUT2D eigenvalue weighted by atomic mass is 9.97. The smallest absolute Gasteiger partial charge is 0.224 e. The van der Waals surface area contributed by atoms with Gasteiger partial charge in [-0.1, -0.05) is 6.07 Å². The van der Waals surface area contributed by atoms with Crippen LogP contribution in [0.15, 0.2) is 24.5 Å². The number of rotatable bonds is 2. The minimum Gasteiger partial charge on any atom is -0.345 e. The van der Waals surface area contributed by atoms with E-state index in [9.17, 15) is 4.79 Å². The van der Waals surface area contributed by atoms with Crippen LogP contribution in [0.5, 0.6) is 0 Å². The minimum absolute atomic E-state index is 0.0718. The maximum Gasteiger partial charge on any atom is 0.224 e. The van der Waals surface area contributed by atoms with Gasteiger partial charge in [0.15, 0.2) is 0 Å². The number of nitrogens with zero attached hydrogens (tertiary/aromatic N) is 3. The number of hydrogen-bond acceptors (Lipinski definition) is 3. The van der Waals surface area contributed by atoms with E-state index in [-0.39, 0.29) is 11.8 Å². The Balaban J connectivity index is 1.74. The van der Waals surface area contributed by atoms with Crippen molar-refractivity contribution in [2.24, 2.45) is 5.92 Å². The molecule has 1 aliphatic heterocycles. The van der Waals surface area contributed by atoms with Gasteiger partial charge in [-0.3, -0.25) is 4.79 Å². The van der Waals surface area contributed by atoms with Crippen LogP contribution >= 0.6 is 0 Å². The first kappa shape index (κ1) is 11.7. The summed E-state index contributed by atoms with van der Waals surface area (Å²) in [5, 5.41) is 8.85. The van der Waals surface area contributed by atoms with Crippen LogP contribution in [-0.4, -0.2) is 27.3 Å². The largest absolute Gasteiger partial charge is 0.345 e. The number of aromatic amines is 1. The monoisotopic (exact) mass is 254 g/mol. The van der Waals surface area contributed by atoms with Gasteiger partial charge in [0, 0.05) is 19.5 Å². The number of nitriles is 1. The molecule has 1 amide bonds. The summed E-state index contributed by atoms with van der Waals surface area (Å²) in [5.41, 5.74) is 3.00. The first-order valence-corrected chi connectivity index (χ1v) is 6.35. The molecule has 1 unspecified atom stereocenters. The van der Waals surface area contributed by atoms with E-state index >= 15 is 0 Å². The van der Waals surface area contributed by atoms with Crippen LogP contribution in [-0.2, 0) is 11.3 Å². The zero-order valence-corrected chi connectivity index (χ0v) is 10.5. The molecule has 0 saturated carbocycles. The van der Waals surface area contributed by atoms with Crippen molar-refractivity contribution in [2.75, 3.05) is 6.54 Å². The third-order valence-electron chi connectivity index (χ3n) is 3.56. The summed E-state index contributed by atoms with van der Waals surface area (Å²) in [7, 11) is 0. The van der Waals surface area contributed by atoms with E-state index in [0.29, 0.717) is 19.5 Å². The van der Waals surface area contributed by atoms with Gasteiger partial charge in [0.05, 0.1) is 29.3 Å². The molecule has 2 aromatic rings. The zero-order valence-electron chi connectivity index (χ0n) is 10.5. The minimum atomic E-state index is -0.112. The standard InChI is InChI=1S/C14H14N4O/c15-7-10-3-4-18(14(19)6-10)8-11-1-2-12-13(5-11)17-9-16-12/h1-2,5,9-10H,3-4,6,8H2,(H,16,17). The molecule has 1 fully saturated rings. The molecule has 1 aliphatic rings. The molecule has 3 rings (SSSR count). The van der Waals surface area contributed by atoms with Crippen LogP contribution in [0.2, 0.25) is 0 Å². The molecule has 19 heavy (non-hydrogen) atoms. The number of carbonyl (C=O) groups excluding carboxylic acids is 1. The van der Waals surface area contributed by atoms with E-state index in [2.05, 4.69) is 16.0 Å². The number of nitrogens with one attached hydrogen (secondary N) is 1. The van der Waals surface area contributed by atoms with Gasteiger partial charge < -0.3 is 9.88 Å². The van der Waals surface area contributed by atoms with Gasteiger partial charge in [-0.2, -0.15) is 5.26 Å². The molecule has 5 nitrogen and oxygen atoms in total. The fraction of sp³-hybridized carbons (Fsp3) is 0.357. The first-order chi connectivity index (χ1) is 9.26. The number of amides is 1. The van der Waals surface area contributed by atoms with Crippen LogP contribution in [0, 0.1) is 17.2 Å². The quantitative estimate of drug-likeness (QED) is 0.888. The summed E-state index contributed by atoms with van der Waals surface area (Å²) in [5.74, 6) is -0.0404. The Kier molecular flexibility index (Phi) is 2.92. The molecule has 1 atom stereocenters. The second-order valence-electron chi connectivity index (χ2n) is 4.89. The molecule has 0 bridgehead atoms. The highest BCUT2D eigenvalue weighted by atomic mass is 16.2. The van der Waals surface area contributed by atoms with E-state index in [1.54, 1.807) is 6.33 Å².